The molecule has 0 unspecified atom stereocenters. The Morgan fingerprint density at radius 3 is 2.75 bits per heavy atom. The van der Waals surface area contributed by atoms with Crippen LogP contribution >= 0.6 is 15.9 Å². The van der Waals surface area contributed by atoms with E-state index in [0.29, 0.717) is 10.5 Å². The van der Waals surface area contributed by atoms with E-state index in [1.54, 1.807) is 0 Å². The number of benzene rings is 1. The van der Waals surface area contributed by atoms with Gasteiger partial charge in [-0.05, 0) is 34.0 Å². The van der Waals surface area contributed by atoms with Crippen molar-refractivity contribution in [1.29, 1.82) is 0 Å². The Bertz CT molecular complexity index is 419. The van der Waals surface area contributed by atoms with Crippen molar-refractivity contribution < 1.29 is 4.39 Å². The van der Waals surface area contributed by atoms with Crippen LogP contribution in [0.4, 0.5) is 4.39 Å². The van der Waals surface area contributed by atoms with Gasteiger partial charge in [0.05, 0.1) is 4.47 Å². The zero-order valence-electron chi connectivity index (χ0n) is 12.2. The smallest absolute Gasteiger partial charge is 0.137 e. The van der Waals surface area contributed by atoms with E-state index in [2.05, 4.69) is 39.1 Å². The molecule has 1 saturated heterocycles. The quantitative estimate of drug-likeness (QED) is 0.782. The molecule has 0 radical (unpaired) electrons. The maximum atomic E-state index is 13.8. The summed E-state index contributed by atoms with van der Waals surface area (Å²) >= 11 is 3.44. The Labute approximate surface area is 129 Å². The van der Waals surface area contributed by atoms with Crippen LogP contribution in [0.5, 0.6) is 0 Å². The van der Waals surface area contributed by atoms with E-state index in [-0.39, 0.29) is 5.82 Å². The highest BCUT2D eigenvalue weighted by Gasteiger charge is 2.24. The SMILES string of the molecule is CCCCC[C@H](c1cccc(F)c1Br)N1CCNCC1. The molecule has 0 saturated carbocycles. The molecule has 1 aliphatic heterocycles. The average Bonchev–Trinajstić information content (AvgIpc) is 2.48. The van der Waals surface area contributed by atoms with E-state index in [1.165, 1.54) is 25.3 Å². The molecule has 1 N–H and O–H groups in total. The van der Waals surface area contributed by atoms with E-state index in [1.807, 2.05) is 6.07 Å². The largest absolute Gasteiger partial charge is 0.314 e. The first kappa shape index (κ1) is 15.9. The number of halogens is 2. The highest BCUT2D eigenvalue weighted by molar-refractivity contribution is 9.10. The summed E-state index contributed by atoms with van der Waals surface area (Å²) in [6, 6.07) is 5.73. The third-order valence-corrected chi connectivity index (χ3v) is 4.85. The minimum Gasteiger partial charge on any atom is -0.314 e. The number of hydrogen-bond donors (Lipinski definition) is 1. The second-order valence-electron chi connectivity index (χ2n) is 5.44. The summed E-state index contributed by atoms with van der Waals surface area (Å²) in [5.41, 5.74) is 1.10. The van der Waals surface area contributed by atoms with Crippen LogP contribution < -0.4 is 5.32 Å². The fourth-order valence-corrected chi connectivity index (χ4v) is 3.42. The summed E-state index contributed by atoms with van der Waals surface area (Å²) in [5, 5.41) is 3.39. The average molecular weight is 343 g/mol. The molecule has 1 aromatic rings. The molecule has 1 aromatic carbocycles. The van der Waals surface area contributed by atoms with E-state index < -0.39 is 0 Å². The molecule has 2 nitrogen and oxygen atoms in total. The minimum absolute atomic E-state index is 0.155. The van der Waals surface area contributed by atoms with E-state index >= 15 is 0 Å². The fourth-order valence-electron chi connectivity index (χ4n) is 2.89. The molecule has 112 valence electrons. The molecular weight excluding hydrogens is 319 g/mol. The summed E-state index contributed by atoms with van der Waals surface area (Å²) < 4.78 is 14.5. The van der Waals surface area contributed by atoms with E-state index in [9.17, 15) is 4.39 Å². The molecule has 1 heterocycles. The van der Waals surface area contributed by atoms with Crippen molar-refractivity contribution in [2.45, 2.75) is 38.6 Å². The maximum absolute atomic E-state index is 13.8. The Hall–Kier alpha value is -0.450. The highest BCUT2D eigenvalue weighted by Crippen LogP contribution is 2.33. The molecule has 0 aliphatic carbocycles. The predicted molar refractivity (Wildman–Crippen MR) is 85.4 cm³/mol. The van der Waals surface area contributed by atoms with Crippen LogP contribution in [0.15, 0.2) is 22.7 Å². The molecule has 20 heavy (non-hydrogen) atoms. The summed E-state index contributed by atoms with van der Waals surface area (Å²) in [7, 11) is 0. The standard InChI is InChI=1S/C16H24BrFN2/c1-2-3-4-8-15(20-11-9-19-10-12-20)13-6-5-7-14(18)16(13)17/h5-7,15,19H,2-4,8-12H2,1H3/t15-/m1/s1. The molecule has 0 bridgehead atoms. The normalized spacial score (nSPS) is 18.1. The van der Waals surface area contributed by atoms with Crippen molar-refractivity contribution >= 4 is 15.9 Å². The lowest BCUT2D eigenvalue weighted by atomic mass is 9.98. The van der Waals surface area contributed by atoms with Crippen LogP contribution in [0, 0.1) is 5.82 Å². The van der Waals surface area contributed by atoms with Gasteiger partial charge < -0.3 is 5.32 Å². The number of piperazine rings is 1. The first-order valence-electron chi connectivity index (χ1n) is 7.62. The molecule has 1 atom stereocenters. The van der Waals surface area contributed by atoms with E-state index in [4.69, 9.17) is 0 Å². The van der Waals surface area contributed by atoms with Crippen molar-refractivity contribution in [1.82, 2.24) is 10.2 Å². The number of unbranched alkanes of at least 4 members (excludes halogenated alkanes) is 2. The Morgan fingerprint density at radius 2 is 2.05 bits per heavy atom. The van der Waals surface area contributed by atoms with Crippen LogP contribution in [-0.4, -0.2) is 31.1 Å². The molecule has 0 aromatic heterocycles. The van der Waals surface area contributed by atoms with Gasteiger partial charge in [-0.25, -0.2) is 4.39 Å². The van der Waals surface area contributed by atoms with Crippen molar-refractivity contribution in [3.63, 3.8) is 0 Å². The number of nitrogens with one attached hydrogen (secondary N) is 1. The van der Waals surface area contributed by atoms with Crippen molar-refractivity contribution in [2.75, 3.05) is 26.2 Å². The first-order chi connectivity index (χ1) is 9.74. The minimum atomic E-state index is -0.155. The molecule has 2 rings (SSSR count). The molecule has 4 heteroatoms. The zero-order valence-corrected chi connectivity index (χ0v) is 13.8. The Kier molecular flexibility index (Phi) is 6.46. The Balaban J connectivity index is 2.17. The summed E-state index contributed by atoms with van der Waals surface area (Å²) in [6.07, 6.45) is 4.78. The highest BCUT2D eigenvalue weighted by atomic mass is 79.9. The lowest BCUT2D eigenvalue weighted by molar-refractivity contribution is 0.162. The molecular formula is C16H24BrFN2. The molecule has 0 spiro atoms. The number of rotatable bonds is 6. The van der Waals surface area contributed by atoms with Gasteiger partial charge >= 0.3 is 0 Å². The van der Waals surface area contributed by atoms with Crippen molar-refractivity contribution in [3.05, 3.63) is 34.1 Å². The van der Waals surface area contributed by atoms with E-state index in [0.717, 1.165) is 38.2 Å². The monoisotopic (exact) mass is 342 g/mol. The first-order valence-corrected chi connectivity index (χ1v) is 8.42. The lowest BCUT2D eigenvalue weighted by Crippen LogP contribution is -2.45. The van der Waals surface area contributed by atoms with Crippen LogP contribution in [0.2, 0.25) is 0 Å². The summed E-state index contributed by atoms with van der Waals surface area (Å²) in [6.45, 7) is 6.35. The Morgan fingerprint density at radius 1 is 1.30 bits per heavy atom. The van der Waals surface area contributed by atoms with Crippen LogP contribution in [0.3, 0.4) is 0 Å². The third kappa shape index (κ3) is 4.03. The van der Waals surface area contributed by atoms with Crippen molar-refractivity contribution in [3.8, 4) is 0 Å². The third-order valence-electron chi connectivity index (χ3n) is 4.01. The number of hydrogen-bond acceptors (Lipinski definition) is 2. The van der Waals surface area contributed by atoms with Crippen LogP contribution in [0.25, 0.3) is 0 Å². The predicted octanol–water partition coefficient (Wildman–Crippen LogP) is 4.11. The van der Waals surface area contributed by atoms with Gasteiger partial charge in [0.25, 0.3) is 0 Å². The van der Waals surface area contributed by atoms with Gasteiger partial charge in [-0.3, -0.25) is 4.90 Å². The second-order valence-corrected chi connectivity index (χ2v) is 6.23. The van der Waals surface area contributed by atoms with Gasteiger partial charge in [-0.15, -0.1) is 0 Å². The van der Waals surface area contributed by atoms with Gasteiger partial charge in [0.15, 0.2) is 0 Å². The van der Waals surface area contributed by atoms with Gasteiger partial charge in [-0.1, -0.05) is 38.3 Å². The number of nitrogens with zero attached hydrogens (tertiary/aromatic N) is 1. The van der Waals surface area contributed by atoms with Gasteiger partial charge in [-0.2, -0.15) is 0 Å². The molecule has 0 amide bonds. The second kappa shape index (κ2) is 8.11. The van der Waals surface area contributed by atoms with Crippen LogP contribution in [-0.2, 0) is 0 Å². The van der Waals surface area contributed by atoms with Crippen molar-refractivity contribution in [2.24, 2.45) is 0 Å². The summed E-state index contributed by atoms with van der Waals surface area (Å²) in [4.78, 5) is 2.49. The van der Waals surface area contributed by atoms with Gasteiger partial charge in [0, 0.05) is 32.2 Å². The lowest BCUT2D eigenvalue weighted by Gasteiger charge is -2.36. The topological polar surface area (TPSA) is 15.3 Å². The summed E-state index contributed by atoms with van der Waals surface area (Å²) in [5.74, 6) is -0.155. The molecule has 1 aliphatic rings. The van der Waals surface area contributed by atoms with Gasteiger partial charge in [0.2, 0.25) is 0 Å². The van der Waals surface area contributed by atoms with Gasteiger partial charge in [0.1, 0.15) is 5.82 Å². The van der Waals surface area contributed by atoms with Crippen LogP contribution in [0.1, 0.15) is 44.2 Å². The maximum Gasteiger partial charge on any atom is 0.137 e. The fraction of sp³-hybridized carbons (Fsp3) is 0.625. The molecule has 1 fully saturated rings. The zero-order chi connectivity index (χ0) is 14.4.